The zero-order valence-electron chi connectivity index (χ0n) is 47.6. The summed E-state index contributed by atoms with van der Waals surface area (Å²) in [6.45, 7) is 4.07. The van der Waals surface area contributed by atoms with Gasteiger partial charge in [-0.3, -0.25) is 38.4 Å². The number of amides is 7. The van der Waals surface area contributed by atoms with Crippen LogP contribution in [0, 0.1) is 11.8 Å². The smallest absolute Gasteiger partial charge is 0.251 e. The Balaban J connectivity index is 1.22. The van der Waals surface area contributed by atoms with Gasteiger partial charge >= 0.3 is 0 Å². The molecule has 0 spiro atoms. The highest BCUT2D eigenvalue weighted by Gasteiger charge is 2.51. The Labute approximate surface area is 493 Å². The van der Waals surface area contributed by atoms with Gasteiger partial charge in [-0.1, -0.05) is 50.0 Å². The molecule has 28 nitrogen and oxygen atoms in total. The number of ether oxygens (including phenoxy) is 2. The number of hydrogen-bond donors (Lipinski definition) is 14. The van der Waals surface area contributed by atoms with E-state index in [4.69, 9.17) is 19.7 Å². The number of phenols is 1. The third-order valence-corrected chi connectivity index (χ3v) is 15.5. The molecule has 0 saturated carbocycles. The molecule has 3 saturated heterocycles. The zero-order chi connectivity index (χ0) is 62.8. The summed E-state index contributed by atoms with van der Waals surface area (Å²) in [6.07, 6.45) is -17.0. The quantitative estimate of drug-likeness (QED) is 0.0509. The number of rotatable bonds is 17. The number of ketones is 1. The van der Waals surface area contributed by atoms with Crippen LogP contribution in [0.15, 0.2) is 77.3 Å². The van der Waals surface area contributed by atoms with E-state index in [0.717, 1.165) is 54.2 Å². The van der Waals surface area contributed by atoms with Crippen LogP contribution in [0.3, 0.4) is 0 Å². The first-order valence-corrected chi connectivity index (χ1v) is 28.1. The van der Waals surface area contributed by atoms with E-state index < -0.39 is 183 Å². The predicted molar refractivity (Wildman–Crippen MR) is 299 cm³/mol. The van der Waals surface area contributed by atoms with Gasteiger partial charge < -0.3 is 96.8 Å². The molecule has 3 aliphatic heterocycles. The molecule has 28 heteroatoms. The number of aliphatic hydroxyl groups is 8. The third kappa shape index (κ3) is 15.5. The molecule has 4 heterocycles. The number of nitrogens with zero attached hydrogens (tertiary/aromatic N) is 3. The van der Waals surface area contributed by atoms with Crippen molar-refractivity contribution in [3.05, 3.63) is 83.9 Å². The van der Waals surface area contributed by atoms with Gasteiger partial charge in [-0.15, -0.1) is 0 Å². The lowest BCUT2D eigenvalue weighted by Gasteiger charge is -2.34. The van der Waals surface area contributed by atoms with Gasteiger partial charge in [0.15, 0.2) is 29.3 Å². The molecule has 0 unspecified atom stereocenters. The fraction of sp³-hybridized carbons (Fsp3) is 0.500. The van der Waals surface area contributed by atoms with E-state index in [2.05, 4.69) is 33.3 Å². The summed E-state index contributed by atoms with van der Waals surface area (Å²) < 4.78 is 16.5. The van der Waals surface area contributed by atoms with E-state index in [1.54, 1.807) is 6.07 Å². The molecule has 7 rings (SSSR count). The number of aliphatic hydroxyl groups excluding tert-OH is 8. The second kappa shape index (κ2) is 28.9. The number of nitrogens with one attached hydrogen (secondary N) is 4. The van der Waals surface area contributed by atoms with Crippen LogP contribution < -0.4 is 36.5 Å². The lowest BCUT2D eigenvalue weighted by Crippen LogP contribution is -2.61. The summed E-state index contributed by atoms with van der Waals surface area (Å²) in [5, 5.41) is 115. The van der Waals surface area contributed by atoms with E-state index in [0.29, 0.717) is 34.9 Å². The van der Waals surface area contributed by atoms with Gasteiger partial charge in [0.05, 0.1) is 50.5 Å². The van der Waals surface area contributed by atoms with Gasteiger partial charge in [0.25, 0.3) is 5.91 Å². The fourth-order valence-corrected chi connectivity index (χ4v) is 10.6. The maximum Gasteiger partial charge on any atom is 0.251 e. The zero-order valence-corrected chi connectivity index (χ0v) is 47.6. The van der Waals surface area contributed by atoms with Crippen LogP contribution in [0.4, 0.5) is 0 Å². The second-order valence-corrected chi connectivity index (χ2v) is 21.9. The number of phenolic OH excluding ortho intramolecular Hbond substituents is 1. The maximum absolute atomic E-state index is 14.7. The highest BCUT2D eigenvalue weighted by Crippen LogP contribution is 2.34. The summed E-state index contributed by atoms with van der Waals surface area (Å²) in [4.78, 5) is 115. The summed E-state index contributed by atoms with van der Waals surface area (Å²) in [5.74, 6) is -12.4. The van der Waals surface area contributed by atoms with Crippen LogP contribution in [-0.4, -0.2) is 208 Å². The summed E-state index contributed by atoms with van der Waals surface area (Å²) >= 11 is 0. The summed E-state index contributed by atoms with van der Waals surface area (Å²) in [7, 11) is 1.17. The number of aromatic nitrogens is 1. The van der Waals surface area contributed by atoms with Crippen LogP contribution in [0.2, 0.25) is 0 Å². The Morgan fingerprint density at radius 1 is 0.814 bits per heavy atom. The summed E-state index contributed by atoms with van der Waals surface area (Å²) in [6, 6.07) is 7.96. The number of hydrogen-bond acceptors (Lipinski definition) is 21. The van der Waals surface area contributed by atoms with Gasteiger partial charge in [-0.25, -0.2) is 0 Å². The van der Waals surface area contributed by atoms with E-state index >= 15 is 0 Å². The molecule has 0 aliphatic carbocycles. The Kier molecular flexibility index (Phi) is 22.0. The molecule has 7 amide bonds. The molecular formula is C58H74N8O20. The second-order valence-electron chi connectivity index (χ2n) is 21.9. The van der Waals surface area contributed by atoms with E-state index in [-0.39, 0.29) is 16.9 Å². The van der Waals surface area contributed by atoms with Crippen LogP contribution >= 0.6 is 0 Å². The van der Waals surface area contributed by atoms with Gasteiger partial charge in [-0.2, -0.15) is 0 Å². The van der Waals surface area contributed by atoms with Gasteiger partial charge in [0, 0.05) is 61.0 Å². The third-order valence-electron chi connectivity index (χ3n) is 15.5. The first kappa shape index (κ1) is 65.5. The van der Waals surface area contributed by atoms with Gasteiger partial charge in [0.2, 0.25) is 35.4 Å². The van der Waals surface area contributed by atoms with Crippen molar-refractivity contribution in [1.82, 2.24) is 36.2 Å². The Bertz CT molecular complexity index is 3070. The lowest BCUT2D eigenvalue weighted by atomic mass is 9.86. The number of aromatic hydroxyl groups is 1. The van der Waals surface area contributed by atoms with E-state index in [9.17, 15) is 84.3 Å². The van der Waals surface area contributed by atoms with Crippen molar-refractivity contribution in [3.8, 4) is 39.8 Å². The number of primary amides is 1. The standard InChI is InChI=1S/C58H74N8O20/c1-5-6-7-18-85-34-15-12-30(13-16-34)43-23-36(64-86-43)29-8-10-31(11-9-29)52(77)60-37-22-42(72)55(80)63-56(81)48-49(74)27(2)25-66(48)57(82)35(40(70)24-45(59)73)21-41(71)47(51(76)50(75)32-14-17-39(69)44(19-32)84-4)62-54(79)38-20-33(68)26-65(38)58(83)46(28(3)67)61-53(37)78/h8-17,19,23,27-28,33,35,37-38,40,42,46-51,55,67-70,72,74-76,80H,5-7,18,20-22,24-26H2,1-4H3,(H2,59,73)(H,60,77)(H,61,78)(H,62,79)(H,63,81)/t27-,28+,33+,35-,37-,38-,40+,42+,46-,47+,48-,49-,50-,51-,55+/m0/s1. The van der Waals surface area contributed by atoms with Crippen molar-refractivity contribution >= 4 is 47.1 Å². The molecule has 15 atom stereocenters. The molecule has 0 radical (unpaired) electrons. The normalized spacial score (nSPS) is 26.9. The van der Waals surface area contributed by atoms with E-state index in [1.165, 1.54) is 38.3 Å². The van der Waals surface area contributed by atoms with Crippen LogP contribution in [-0.2, 0) is 33.6 Å². The number of carbonyl (C=O) groups excluding carboxylic acids is 8. The van der Waals surface area contributed by atoms with Crippen molar-refractivity contribution in [2.45, 2.75) is 145 Å². The summed E-state index contributed by atoms with van der Waals surface area (Å²) in [5.41, 5.74) is 6.73. The van der Waals surface area contributed by atoms with Crippen LogP contribution in [0.25, 0.3) is 22.6 Å². The van der Waals surface area contributed by atoms with Crippen molar-refractivity contribution in [2.75, 3.05) is 26.8 Å². The Morgan fingerprint density at radius 3 is 2.14 bits per heavy atom. The van der Waals surface area contributed by atoms with Gasteiger partial charge in [0.1, 0.15) is 60.0 Å². The maximum atomic E-state index is 14.7. The SMILES string of the molecule is CCCCCOc1ccc(-c2cc(-c3ccc(C(=O)N[C@H]4C[C@@H](O)[C@@H](O)NC(=O)[C@@H]5[C@@H](O)[C@@H](C)CN5C(=O)[C@H]([C@H](O)CC(N)=O)CC(=O)[C@H]([C@H](O)[C@@H](O)c5ccc(O)c(OC)c5)NC(=O)[C@@H]5C[C@@H](O)CN5C(=O)[C@H]([C@@H](C)O)NC4=O)cc3)no2)cc1. The van der Waals surface area contributed by atoms with Crippen LogP contribution in [0.1, 0.15) is 87.7 Å². The lowest BCUT2D eigenvalue weighted by molar-refractivity contribution is -0.151. The number of nitrogens with two attached hydrogens (primary N) is 1. The van der Waals surface area contributed by atoms with Crippen molar-refractivity contribution in [3.63, 3.8) is 0 Å². The molecule has 0 bridgehead atoms. The fourth-order valence-electron chi connectivity index (χ4n) is 10.6. The first-order valence-electron chi connectivity index (χ1n) is 28.1. The number of unbranched alkanes of at least 4 members (excludes halogenated alkanes) is 2. The van der Waals surface area contributed by atoms with Crippen molar-refractivity contribution in [2.24, 2.45) is 17.6 Å². The minimum Gasteiger partial charge on any atom is -0.504 e. The molecule has 466 valence electrons. The predicted octanol–water partition coefficient (Wildman–Crippen LogP) is -1.98. The highest BCUT2D eigenvalue weighted by molar-refractivity contribution is 6.00. The largest absolute Gasteiger partial charge is 0.504 e. The average molecular weight is 1200 g/mol. The molecule has 1 aromatic heterocycles. The molecule has 3 aromatic carbocycles. The van der Waals surface area contributed by atoms with Crippen molar-refractivity contribution in [1.29, 1.82) is 0 Å². The number of carbonyl (C=O) groups is 8. The molecule has 3 fully saturated rings. The van der Waals surface area contributed by atoms with E-state index in [1.807, 2.05) is 24.3 Å². The molecule has 15 N–H and O–H groups in total. The van der Waals surface area contributed by atoms with Crippen LogP contribution in [0.5, 0.6) is 17.2 Å². The Hall–Kier alpha value is -8.09. The molecule has 4 aromatic rings. The molecule has 86 heavy (non-hydrogen) atoms. The first-order chi connectivity index (χ1) is 40.8. The average Bonchev–Trinajstić information content (AvgIpc) is 2.58. The molecule has 3 aliphatic rings. The highest BCUT2D eigenvalue weighted by atomic mass is 16.5. The minimum atomic E-state index is -2.40. The van der Waals surface area contributed by atoms with Gasteiger partial charge in [-0.05, 0) is 67.4 Å². The van der Waals surface area contributed by atoms with Crippen molar-refractivity contribution < 1.29 is 98.3 Å². The number of benzene rings is 3. The molecular weight excluding hydrogens is 1130 g/mol. The topological polar surface area (TPSA) is 444 Å². The minimum absolute atomic E-state index is 0.0703. The number of methoxy groups -OCH3 is 1. The number of Topliss-reactive ketones (excluding diaryl/α,β-unsaturated/α-hetero) is 1. The Morgan fingerprint density at radius 2 is 1.49 bits per heavy atom. The monoisotopic (exact) mass is 1200 g/mol. The number of fused-ring (bicyclic) bond motifs is 2.